The van der Waals surface area contributed by atoms with Gasteiger partial charge in [0.25, 0.3) is 0 Å². The van der Waals surface area contributed by atoms with E-state index in [9.17, 15) is 9.59 Å². The molecule has 0 radical (unpaired) electrons. The maximum Gasteiger partial charge on any atom is 0.343 e. The smallest absolute Gasteiger partial charge is 0.343 e. The Morgan fingerprint density at radius 2 is 2.03 bits per heavy atom. The van der Waals surface area contributed by atoms with Crippen LogP contribution in [-0.2, 0) is 9.53 Å². The number of rotatable bonds is 6. The van der Waals surface area contributed by atoms with Crippen LogP contribution in [0.5, 0.6) is 0 Å². The Hall–Kier alpha value is -3.53. The lowest BCUT2D eigenvalue weighted by Crippen LogP contribution is -2.25. The van der Waals surface area contributed by atoms with E-state index < -0.39 is 12.0 Å². The van der Waals surface area contributed by atoms with Crippen LogP contribution in [0.3, 0.4) is 0 Å². The van der Waals surface area contributed by atoms with Crippen molar-refractivity contribution in [3.05, 3.63) is 64.7 Å². The summed E-state index contributed by atoms with van der Waals surface area (Å²) < 4.78 is 9.18. The zero-order valence-electron chi connectivity index (χ0n) is 17.7. The first-order chi connectivity index (χ1) is 15.4. The van der Waals surface area contributed by atoms with Gasteiger partial charge in [-0.2, -0.15) is 10.2 Å². The number of esters is 1. The molecule has 4 rings (SSSR count). The maximum atomic E-state index is 12.8. The number of carbonyl (C=O) groups excluding carboxylic acids is 2. The van der Waals surface area contributed by atoms with E-state index in [1.165, 1.54) is 6.20 Å². The number of amides is 1. The quantitative estimate of drug-likeness (QED) is 0.404. The second-order valence-electron chi connectivity index (χ2n) is 7.11. The summed E-state index contributed by atoms with van der Waals surface area (Å²) in [6.07, 6.45) is 4.73. The number of benzene rings is 1. The van der Waals surface area contributed by atoms with Crippen molar-refractivity contribution in [2.45, 2.75) is 26.8 Å². The largest absolute Gasteiger partial charge is 0.462 e. The van der Waals surface area contributed by atoms with Gasteiger partial charge in [0.2, 0.25) is 5.91 Å². The standard InChI is InChI=1S/C22H21BrN6O3/c1-4-32-22(31)17-11-25-29-19(8-9-24-20(17)29)15-6-5-7-16(10-15)27-21(30)14(3)28-13(2)18(23)12-26-28/h5-12,14H,4H2,1-3H3,(H,27,30). The van der Waals surface area contributed by atoms with E-state index in [4.69, 9.17) is 4.74 Å². The van der Waals surface area contributed by atoms with Crippen molar-refractivity contribution < 1.29 is 14.3 Å². The van der Waals surface area contributed by atoms with E-state index >= 15 is 0 Å². The fourth-order valence-corrected chi connectivity index (χ4v) is 3.64. The van der Waals surface area contributed by atoms with Crippen molar-refractivity contribution in [2.24, 2.45) is 0 Å². The minimum Gasteiger partial charge on any atom is -0.462 e. The molecule has 3 aromatic heterocycles. The number of nitrogens with zero attached hydrogens (tertiary/aromatic N) is 5. The minimum atomic E-state index is -0.490. The zero-order valence-corrected chi connectivity index (χ0v) is 19.3. The molecule has 1 N–H and O–H groups in total. The summed E-state index contributed by atoms with van der Waals surface area (Å²) in [6.45, 7) is 5.70. The molecule has 0 bridgehead atoms. The van der Waals surface area contributed by atoms with Crippen LogP contribution in [0.25, 0.3) is 16.9 Å². The second kappa shape index (κ2) is 8.91. The predicted molar refractivity (Wildman–Crippen MR) is 122 cm³/mol. The Labute approximate surface area is 192 Å². The molecule has 3 heterocycles. The Morgan fingerprint density at radius 1 is 1.22 bits per heavy atom. The molecule has 164 valence electrons. The molecule has 32 heavy (non-hydrogen) atoms. The van der Waals surface area contributed by atoms with Crippen molar-refractivity contribution in [1.29, 1.82) is 0 Å². The second-order valence-corrected chi connectivity index (χ2v) is 7.97. The highest BCUT2D eigenvalue weighted by molar-refractivity contribution is 9.10. The molecular formula is C22H21BrN6O3. The number of hydrogen-bond donors (Lipinski definition) is 1. The molecule has 0 aliphatic carbocycles. The molecule has 1 amide bonds. The van der Waals surface area contributed by atoms with Gasteiger partial charge in [-0.3, -0.25) is 9.48 Å². The molecule has 1 aromatic carbocycles. The van der Waals surface area contributed by atoms with Gasteiger partial charge in [0, 0.05) is 17.4 Å². The molecule has 0 saturated carbocycles. The molecule has 4 aromatic rings. The third-order valence-corrected chi connectivity index (χ3v) is 5.83. The normalized spacial score (nSPS) is 12.0. The van der Waals surface area contributed by atoms with E-state index in [1.807, 2.05) is 31.2 Å². The van der Waals surface area contributed by atoms with Crippen LogP contribution in [0.2, 0.25) is 0 Å². The number of fused-ring (bicyclic) bond motifs is 1. The van der Waals surface area contributed by atoms with Crippen LogP contribution in [0.4, 0.5) is 5.69 Å². The Bertz CT molecular complexity index is 1310. The molecule has 1 unspecified atom stereocenters. The van der Waals surface area contributed by atoms with Crippen molar-refractivity contribution in [1.82, 2.24) is 24.4 Å². The minimum absolute atomic E-state index is 0.190. The fourth-order valence-electron chi connectivity index (χ4n) is 3.37. The molecule has 0 fully saturated rings. The van der Waals surface area contributed by atoms with Crippen molar-refractivity contribution in [3.8, 4) is 11.3 Å². The molecule has 1 atom stereocenters. The molecule has 10 heteroatoms. The van der Waals surface area contributed by atoms with E-state index in [0.717, 1.165) is 21.4 Å². The molecule has 9 nitrogen and oxygen atoms in total. The summed E-state index contributed by atoms with van der Waals surface area (Å²) >= 11 is 3.42. The molecule has 0 saturated heterocycles. The van der Waals surface area contributed by atoms with Gasteiger partial charge in [-0.15, -0.1) is 0 Å². The van der Waals surface area contributed by atoms with Gasteiger partial charge in [0.15, 0.2) is 5.65 Å². The predicted octanol–water partition coefficient (Wildman–Crippen LogP) is 4.04. The number of anilines is 1. The van der Waals surface area contributed by atoms with E-state index in [1.54, 1.807) is 41.5 Å². The van der Waals surface area contributed by atoms with Crippen LogP contribution >= 0.6 is 15.9 Å². The molecule has 0 aliphatic heterocycles. The number of hydrogen-bond acceptors (Lipinski definition) is 6. The van der Waals surface area contributed by atoms with Crippen LogP contribution in [0.15, 0.2) is 53.4 Å². The average molecular weight is 497 g/mol. The lowest BCUT2D eigenvalue weighted by atomic mass is 10.1. The maximum absolute atomic E-state index is 12.8. The van der Waals surface area contributed by atoms with E-state index in [2.05, 4.69) is 36.4 Å². The van der Waals surface area contributed by atoms with Crippen molar-refractivity contribution >= 4 is 39.1 Å². The van der Waals surface area contributed by atoms with E-state index in [0.29, 0.717) is 16.9 Å². The SMILES string of the molecule is CCOC(=O)c1cnn2c(-c3cccc(NC(=O)C(C)n4ncc(Br)c4C)c3)ccnc12. The highest BCUT2D eigenvalue weighted by atomic mass is 79.9. The van der Waals surface area contributed by atoms with Gasteiger partial charge in [0.1, 0.15) is 11.6 Å². The molecule has 0 aliphatic rings. The number of ether oxygens (including phenoxy) is 1. The van der Waals surface area contributed by atoms with Crippen LogP contribution < -0.4 is 5.32 Å². The first-order valence-corrected chi connectivity index (χ1v) is 10.8. The summed E-state index contributed by atoms with van der Waals surface area (Å²) in [5.41, 5.74) is 3.74. The Kier molecular flexibility index (Phi) is 6.04. The van der Waals surface area contributed by atoms with Crippen molar-refractivity contribution in [2.75, 3.05) is 11.9 Å². The Balaban J connectivity index is 1.62. The van der Waals surface area contributed by atoms with Gasteiger partial charge in [-0.1, -0.05) is 12.1 Å². The fraction of sp³-hybridized carbons (Fsp3) is 0.227. The summed E-state index contributed by atoms with van der Waals surface area (Å²) in [5.74, 6) is -0.660. The number of aromatic nitrogens is 5. The van der Waals surface area contributed by atoms with Crippen molar-refractivity contribution in [3.63, 3.8) is 0 Å². The first kappa shape index (κ1) is 21.7. The lowest BCUT2D eigenvalue weighted by molar-refractivity contribution is -0.119. The average Bonchev–Trinajstić information content (AvgIpc) is 3.37. The molecule has 0 spiro atoms. The van der Waals surface area contributed by atoms with Crippen LogP contribution in [0, 0.1) is 6.92 Å². The van der Waals surface area contributed by atoms with Crippen LogP contribution in [0.1, 0.15) is 35.9 Å². The first-order valence-electron chi connectivity index (χ1n) is 10.0. The Morgan fingerprint density at radius 3 is 2.75 bits per heavy atom. The van der Waals surface area contributed by atoms with E-state index in [-0.39, 0.29) is 12.5 Å². The molecular weight excluding hydrogens is 476 g/mol. The van der Waals surface area contributed by atoms with Gasteiger partial charge in [-0.05, 0) is 54.9 Å². The van der Waals surface area contributed by atoms with Gasteiger partial charge < -0.3 is 10.1 Å². The number of nitrogens with one attached hydrogen (secondary N) is 1. The van der Waals surface area contributed by atoms with Gasteiger partial charge in [0.05, 0.1) is 34.9 Å². The lowest BCUT2D eigenvalue weighted by Gasteiger charge is -2.15. The zero-order chi connectivity index (χ0) is 22.8. The highest BCUT2D eigenvalue weighted by Crippen LogP contribution is 2.25. The topological polar surface area (TPSA) is 103 Å². The van der Waals surface area contributed by atoms with Gasteiger partial charge >= 0.3 is 5.97 Å². The third kappa shape index (κ3) is 4.01. The van der Waals surface area contributed by atoms with Crippen LogP contribution in [-0.4, -0.2) is 42.9 Å². The summed E-state index contributed by atoms with van der Waals surface area (Å²) in [4.78, 5) is 29.3. The summed E-state index contributed by atoms with van der Waals surface area (Å²) in [5, 5.41) is 11.5. The summed E-state index contributed by atoms with van der Waals surface area (Å²) in [6, 6.07) is 8.70. The number of carbonyl (C=O) groups is 2. The monoisotopic (exact) mass is 496 g/mol. The highest BCUT2D eigenvalue weighted by Gasteiger charge is 2.20. The number of halogens is 1. The summed E-state index contributed by atoms with van der Waals surface area (Å²) in [7, 11) is 0. The van der Waals surface area contributed by atoms with Gasteiger partial charge in [-0.25, -0.2) is 14.3 Å². The third-order valence-electron chi connectivity index (χ3n) is 5.05.